The molecule has 1 aliphatic heterocycles. The zero-order valence-electron chi connectivity index (χ0n) is 53.9. The number of hydrogen-bond acceptors (Lipinski definition) is 15. The number of rotatable bonds is 14. The van der Waals surface area contributed by atoms with E-state index in [-0.39, 0.29) is 43.8 Å². The number of aromatic nitrogens is 9. The predicted octanol–water partition coefficient (Wildman–Crippen LogP) is 12.5. The van der Waals surface area contributed by atoms with Crippen LogP contribution in [-0.2, 0) is 65.1 Å². The lowest BCUT2D eigenvalue weighted by Crippen LogP contribution is -2.36. The molecule has 14 rings (SSSR count). The summed E-state index contributed by atoms with van der Waals surface area (Å²) >= 11 is 0. The van der Waals surface area contributed by atoms with Crippen molar-refractivity contribution in [3.63, 3.8) is 0 Å². The molecule has 96 heavy (non-hydrogen) atoms. The molecule has 2 aliphatic rings. The lowest BCUT2D eigenvalue weighted by Gasteiger charge is -2.29. The molecule has 0 bridgehead atoms. The van der Waals surface area contributed by atoms with Gasteiger partial charge in [-0.25, -0.2) is 43.7 Å². The molecule has 1 saturated heterocycles. The highest BCUT2D eigenvalue weighted by atomic mass is 32.2. The molecule has 0 radical (unpaired) electrons. The lowest BCUT2D eigenvalue weighted by atomic mass is 9.87. The summed E-state index contributed by atoms with van der Waals surface area (Å²) in [4.78, 5) is 15.0. The largest absolute Gasteiger partial charge is 0.390 e. The van der Waals surface area contributed by atoms with Gasteiger partial charge in [0.1, 0.15) is 23.3 Å². The second-order valence-electron chi connectivity index (χ2n) is 25.4. The van der Waals surface area contributed by atoms with Gasteiger partial charge in [-0.15, -0.1) is 0 Å². The van der Waals surface area contributed by atoms with Crippen LogP contribution in [0.4, 0.5) is 27.5 Å². The standard InChI is InChI=1S/C25H26N4O2S.C23H22FN5O3S.C23H24N4O3S/c1-25(2,3)18-10-12-19(13-11-18)32(30,31)28-24-21-7-5-8-22(21)27-29(24)23-9-4-6-17-16-26-15-14-20(17)23;1-16-14-23(29(26-16)21-6-2-5-20-18(21)4-3-9-25-20)27-33(30,31)17-7-8-22(19(24)15-17)28-10-12-32-13-11-28;1-23(2,3)16-9-11-18(12-10-16)31(29,30)26-22-14-17(15-28)25-27(22)21-8-4-7-20-19(21)6-5-13-24-20/h4,6,9-16,28H,5,7-8H2,1-3H3;2-9,14-15,27H,10-13H2,1H3;4-14,26,28H,15H2,1-3H3. The zero-order chi connectivity index (χ0) is 67.7. The third-order valence-electron chi connectivity index (χ3n) is 16.6. The van der Waals surface area contributed by atoms with Crippen molar-refractivity contribution in [2.45, 2.75) is 99.9 Å². The van der Waals surface area contributed by atoms with Crippen molar-refractivity contribution in [2.24, 2.45) is 0 Å². The van der Waals surface area contributed by atoms with E-state index in [9.17, 15) is 34.8 Å². The van der Waals surface area contributed by atoms with Crippen LogP contribution in [0.25, 0.3) is 49.6 Å². The molecule has 6 aromatic carbocycles. The van der Waals surface area contributed by atoms with Gasteiger partial charge in [0, 0.05) is 77.1 Å². The Bertz CT molecular complexity index is 5200. The van der Waals surface area contributed by atoms with Crippen LogP contribution in [-0.4, -0.2) is 101 Å². The van der Waals surface area contributed by atoms with Crippen LogP contribution < -0.4 is 19.1 Å². The van der Waals surface area contributed by atoms with E-state index in [1.807, 2.05) is 114 Å². The molecule has 25 heteroatoms. The molecule has 0 saturated carbocycles. The van der Waals surface area contributed by atoms with Gasteiger partial charge in [-0.05, 0) is 151 Å². The molecule has 0 unspecified atom stereocenters. The minimum Gasteiger partial charge on any atom is -0.390 e. The lowest BCUT2D eigenvalue weighted by molar-refractivity contribution is 0.122. The first-order valence-corrected chi connectivity index (χ1v) is 35.6. The maximum absolute atomic E-state index is 14.8. The van der Waals surface area contributed by atoms with Gasteiger partial charge in [0.25, 0.3) is 30.1 Å². The number of benzene rings is 6. The minimum absolute atomic E-state index is 0.0433. The van der Waals surface area contributed by atoms with Gasteiger partial charge in [-0.2, -0.15) is 15.3 Å². The van der Waals surface area contributed by atoms with Crippen molar-refractivity contribution in [3.05, 3.63) is 228 Å². The molecule has 12 aromatic rings. The topological polar surface area (TPSA) is 263 Å². The van der Waals surface area contributed by atoms with E-state index in [0.29, 0.717) is 60.6 Å². The fraction of sp³-hybridized carbons (Fsp3) is 0.239. The number of pyridine rings is 3. The number of aliphatic hydroxyl groups is 1. The van der Waals surface area contributed by atoms with E-state index < -0.39 is 35.9 Å². The SMILES string of the molecule is CC(C)(C)c1ccc(S(=O)(=O)Nc2c3c(nn2-c2cccc4cnccc24)CCC3)cc1.CC(C)(C)c1ccc(S(=O)(=O)Nc2cc(CO)nn2-c2cccc3ncccc23)cc1.Cc1cc(NS(=O)(=O)c2ccc(N3CCOCC3)c(F)c2)n(-c2cccc3ncccc23)n1. The van der Waals surface area contributed by atoms with E-state index in [0.717, 1.165) is 86.0 Å². The predicted molar refractivity (Wildman–Crippen MR) is 371 cm³/mol. The van der Waals surface area contributed by atoms with E-state index in [1.54, 1.807) is 66.7 Å². The fourth-order valence-corrected chi connectivity index (χ4v) is 14.7. The van der Waals surface area contributed by atoms with E-state index >= 15 is 0 Å². The third kappa shape index (κ3) is 14.1. The summed E-state index contributed by atoms with van der Waals surface area (Å²) in [5, 5.41) is 26.8. The van der Waals surface area contributed by atoms with Crippen molar-refractivity contribution in [1.82, 2.24) is 44.3 Å². The van der Waals surface area contributed by atoms with Crippen LogP contribution in [0.2, 0.25) is 0 Å². The van der Waals surface area contributed by atoms with E-state index in [2.05, 4.69) is 80.9 Å². The van der Waals surface area contributed by atoms with Crippen molar-refractivity contribution >= 4 is 85.8 Å². The highest BCUT2D eigenvalue weighted by Gasteiger charge is 2.29. The van der Waals surface area contributed by atoms with Crippen LogP contribution in [0.5, 0.6) is 0 Å². The Balaban J connectivity index is 0.000000138. The fourth-order valence-electron chi connectivity index (χ4n) is 11.6. The Morgan fingerprint density at radius 1 is 0.531 bits per heavy atom. The summed E-state index contributed by atoms with van der Waals surface area (Å²) in [5.74, 6) is 0.424. The smallest absolute Gasteiger partial charge is 0.263 e. The van der Waals surface area contributed by atoms with Gasteiger partial charge in [0.2, 0.25) is 0 Å². The highest BCUT2D eigenvalue weighted by molar-refractivity contribution is 7.93. The number of morpholine rings is 1. The first-order valence-electron chi connectivity index (χ1n) is 31.2. The number of aryl methyl sites for hydroxylation is 2. The molecule has 0 spiro atoms. The Kier molecular flexibility index (Phi) is 18.4. The van der Waals surface area contributed by atoms with Gasteiger partial charge in [-0.1, -0.05) is 90.1 Å². The van der Waals surface area contributed by atoms with Gasteiger partial charge in [-0.3, -0.25) is 29.1 Å². The van der Waals surface area contributed by atoms with Crippen molar-refractivity contribution in [1.29, 1.82) is 0 Å². The summed E-state index contributed by atoms with van der Waals surface area (Å²) in [5.41, 5.74) is 8.98. The highest BCUT2D eigenvalue weighted by Crippen LogP contribution is 2.36. The average molecular weight is 1350 g/mol. The molecule has 1 fully saturated rings. The molecule has 6 aromatic heterocycles. The molecule has 7 heterocycles. The molecule has 4 N–H and O–H groups in total. The summed E-state index contributed by atoms with van der Waals surface area (Å²) < 4.78 is 112. The number of hydrogen-bond donors (Lipinski definition) is 4. The van der Waals surface area contributed by atoms with Gasteiger partial charge in [0.05, 0.1) is 85.4 Å². The number of fused-ring (bicyclic) bond motifs is 4. The summed E-state index contributed by atoms with van der Waals surface area (Å²) in [7, 11) is -11.7. The maximum atomic E-state index is 14.8. The van der Waals surface area contributed by atoms with Crippen molar-refractivity contribution in [3.8, 4) is 17.1 Å². The number of nitrogens with one attached hydrogen (secondary N) is 3. The number of sulfonamides is 3. The van der Waals surface area contributed by atoms with Crippen LogP contribution in [0.15, 0.2) is 203 Å². The normalized spacial score (nSPS) is 13.6. The molecule has 0 atom stereocenters. The average Bonchev–Trinajstić information content (AvgIpc) is 1.58. The summed E-state index contributed by atoms with van der Waals surface area (Å²) in [6.07, 6.45) is 9.57. The zero-order valence-corrected chi connectivity index (χ0v) is 56.4. The van der Waals surface area contributed by atoms with E-state index in [1.165, 1.54) is 27.6 Å². The summed E-state index contributed by atoms with van der Waals surface area (Å²) in [6.45, 7) is 16.1. The number of ether oxygens (including phenoxy) is 1. The molecule has 1 aliphatic carbocycles. The first-order chi connectivity index (χ1) is 45.8. The number of halogens is 1. The number of anilines is 4. The van der Waals surface area contributed by atoms with Gasteiger partial charge < -0.3 is 14.7 Å². The van der Waals surface area contributed by atoms with Crippen LogP contribution in [0.1, 0.15) is 81.7 Å². The number of nitrogens with zero attached hydrogens (tertiary/aromatic N) is 10. The van der Waals surface area contributed by atoms with Crippen LogP contribution >= 0.6 is 0 Å². The van der Waals surface area contributed by atoms with Crippen molar-refractivity contribution in [2.75, 3.05) is 45.4 Å². The molecule has 21 nitrogen and oxygen atoms in total. The number of aliphatic hydroxyl groups excluding tert-OH is 1. The van der Waals surface area contributed by atoms with Crippen molar-refractivity contribution < 1.29 is 39.5 Å². The van der Waals surface area contributed by atoms with Crippen LogP contribution in [0.3, 0.4) is 0 Å². The van der Waals surface area contributed by atoms with E-state index in [4.69, 9.17) is 9.84 Å². The Labute approximate surface area is 556 Å². The molecular formula is C71H72FN13O8S3. The Morgan fingerprint density at radius 3 is 1.64 bits per heavy atom. The molecule has 494 valence electrons. The van der Waals surface area contributed by atoms with Crippen LogP contribution in [0, 0.1) is 12.7 Å². The quantitative estimate of drug-likeness (QED) is 0.0789. The second kappa shape index (κ2) is 26.7. The Hall–Kier alpha value is -9.92. The first kappa shape index (κ1) is 66.1. The second-order valence-corrected chi connectivity index (χ2v) is 30.4. The monoisotopic (exact) mass is 1350 g/mol. The summed E-state index contributed by atoms with van der Waals surface area (Å²) in [6, 6.07) is 47.3. The maximum Gasteiger partial charge on any atom is 0.263 e. The third-order valence-corrected chi connectivity index (χ3v) is 20.7. The minimum atomic E-state index is -4.06. The van der Waals surface area contributed by atoms with Gasteiger partial charge in [0.15, 0.2) is 0 Å². The molecular weight excluding hydrogens is 1280 g/mol. The molecule has 0 amide bonds. The Morgan fingerprint density at radius 2 is 1.06 bits per heavy atom. The van der Waals surface area contributed by atoms with Gasteiger partial charge >= 0.3 is 0 Å².